The molecular weight excluding hydrogens is 350 g/mol. The number of pyridine rings is 1. The largest absolute Gasteiger partial charge is 0.198 e. The maximum atomic E-state index is 2.48. The van der Waals surface area contributed by atoms with Crippen LogP contribution in [0.4, 0.5) is 0 Å². The molecule has 1 heteroatoms. The van der Waals surface area contributed by atoms with Gasteiger partial charge in [-0.25, -0.2) is 0 Å². The monoisotopic (exact) mass is 392 g/mol. The Morgan fingerprint density at radius 2 is 1.38 bits per heavy atom. The smallest absolute Gasteiger partial charge is 0.184 e. The maximum absolute atomic E-state index is 2.48. The second kappa shape index (κ2) is 12.8. The van der Waals surface area contributed by atoms with Crippen molar-refractivity contribution >= 4 is 0 Å². The first-order valence-corrected chi connectivity index (χ1v) is 12.4. The van der Waals surface area contributed by atoms with Crippen LogP contribution >= 0.6 is 0 Å². The van der Waals surface area contributed by atoms with Crippen molar-refractivity contribution in [2.45, 2.75) is 103 Å². The molecule has 0 atom stereocenters. The molecule has 29 heavy (non-hydrogen) atoms. The molecule has 1 aliphatic rings. The number of benzene rings is 1. The molecule has 0 N–H and O–H groups in total. The van der Waals surface area contributed by atoms with Gasteiger partial charge in [-0.05, 0) is 31.6 Å². The van der Waals surface area contributed by atoms with Crippen molar-refractivity contribution in [3.63, 3.8) is 0 Å². The molecule has 0 radical (unpaired) electrons. The highest BCUT2D eigenvalue weighted by Crippen LogP contribution is 2.36. The van der Waals surface area contributed by atoms with Gasteiger partial charge >= 0.3 is 0 Å². The third-order valence-electron chi connectivity index (χ3n) is 6.90. The Kier molecular flexibility index (Phi) is 9.76. The predicted molar refractivity (Wildman–Crippen MR) is 124 cm³/mol. The van der Waals surface area contributed by atoms with Crippen molar-refractivity contribution in [1.29, 1.82) is 0 Å². The molecule has 1 nitrogen and oxygen atoms in total. The lowest BCUT2D eigenvalue weighted by Crippen LogP contribution is -2.40. The van der Waals surface area contributed by atoms with Crippen LogP contribution in [-0.4, -0.2) is 0 Å². The number of nitrogens with zero attached hydrogens (tertiary/aromatic N) is 1. The highest BCUT2D eigenvalue weighted by molar-refractivity contribution is 5.14. The fourth-order valence-electron chi connectivity index (χ4n) is 5.10. The van der Waals surface area contributed by atoms with E-state index in [1.165, 1.54) is 89.0 Å². The molecule has 0 amide bonds. The van der Waals surface area contributed by atoms with Gasteiger partial charge in [-0.15, -0.1) is 0 Å². The van der Waals surface area contributed by atoms with Crippen molar-refractivity contribution in [3.8, 4) is 0 Å². The number of hydrogen-bond donors (Lipinski definition) is 0. The lowest BCUT2D eigenvalue weighted by Gasteiger charge is -2.27. The second-order valence-corrected chi connectivity index (χ2v) is 9.22. The predicted octanol–water partition coefficient (Wildman–Crippen LogP) is 7.83. The summed E-state index contributed by atoms with van der Waals surface area (Å²) in [6, 6.07) is 17.7. The molecule has 158 valence electrons. The minimum Gasteiger partial charge on any atom is -0.198 e. The Morgan fingerprint density at radius 3 is 2.10 bits per heavy atom. The Hall–Kier alpha value is -1.63. The third kappa shape index (κ3) is 7.61. The third-order valence-corrected chi connectivity index (χ3v) is 6.90. The number of rotatable bonds is 12. The molecule has 0 saturated heterocycles. The van der Waals surface area contributed by atoms with Crippen molar-refractivity contribution in [1.82, 2.24) is 0 Å². The zero-order valence-corrected chi connectivity index (χ0v) is 18.7. The van der Waals surface area contributed by atoms with Crippen LogP contribution in [-0.2, 0) is 6.54 Å². The Morgan fingerprint density at radius 1 is 0.724 bits per heavy atom. The summed E-state index contributed by atoms with van der Waals surface area (Å²) in [7, 11) is 0. The fraction of sp³-hybridized carbons (Fsp3) is 0.607. The minimum absolute atomic E-state index is 0.745. The minimum atomic E-state index is 0.745. The van der Waals surface area contributed by atoms with Crippen LogP contribution < -0.4 is 4.57 Å². The number of unbranched alkanes of at least 4 members (excludes halogenated alkanes) is 7. The van der Waals surface area contributed by atoms with Gasteiger partial charge in [0.15, 0.2) is 18.4 Å². The SMILES string of the molecule is CCCCCCCCCCC1CCC(c2cccc[n+]2Cc2ccccc2)CC1. The normalized spacial score (nSPS) is 19.3. The van der Waals surface area contributed by atoms with Gasteiger partial charge in [0.2, 0.25) is 0 Å². The first-order valence-electron chi connectivity index (χ1n) is 12.4. The highest BCUT2D eigenvalue weighted by atomic mass is 15.0. The zero-order chi connectivity index (χ0) is 20.2. The molecule has 0 aliphatic heterocycles. The Labute approximate surface area is 179 Å². The summed E-state index contributed by atoms with van der Waals surface area (Å²) < 4.78 is 2.48. The van der Waals surface area contributed by atoms with Gasteiger partial charge in [0, 0.05) is 23.6 Å². The molecule has 0 unspecified atom stereocenters. The van der Waals surface area contributed by atoms with Crippen molar-refractivity contribution in [2.24, 2.45) is 5.92 Å². The van der Waals surface area contributed by atoms with E-state index in [2.05, 4.69) is 66.2 Å². The van der Waals surface area contributed by atoms with E-state index < -0.39 is 0 Å². The van der Waals surface area contributed by atoms with Crippen LogP contribution in [0.5, 0.6) is 0 Å². The van der Waals surface area contributed by atoms with Crippen molar-refractivity contribution in [3.05, 3.63) is 66.0 Å². The zero-order valence-electron chi connectivity index (χ0n) is 18.7. The van der Waals surface area contributed by atoms with Crippen LogP contribution in [0.2, 0.25) is 0 Å². The second-order valence-electron chi connectivity index (χ2n) is 9.22. The first kappa shape index (κ1) is 22.1. The van der Waals surface area contributed by atoms with Crippen LogP contribution in [0.15, 0.2) is 54.7 Å². The maximum Gasteiger partial charge on any atom is 0.184 e. The van der Waals surface area contributed by atoms with E-state index in [4.69, 9.17) is 0 Å². The van der Waals surface area contributed by atoms with Gasteiger partial charge in [-0.1, -0.05) is 101 Å². The van der Waals surface area contributed by atoms with Crippen LogP contribution in [0.1, 0.15) is 108 Å². The van der Waals surface area contributed by atoms with Gasteiger partial charge in [0.25, 0.3) is 0 Å². The van der Waals surface area contributed by atoms with Crippen LogP contribution in [0.25, 0.3) is 0 Å². The van der Waals surface area contributed by atoms with Gasteiger partial charge in [0.1, 0.15) is 0 Å². The number of aromatic nitrogens is 1. The average Bonchev–Trinajstić information content (AvgIpc) is 2.77. The van der Waals surface area contributed by atoms with E-state index >= 15 is 0 Å². The van der Waals surface area contributed by atoms with Gasteiger partial charge in [-0.2, -0.15) is 4.57 Å². The fourth-order valence-corrected chi connectivity index (χ4v) is 5.10. The van der Waals surface area contributed by atoms with Gasteiger partial charge in [0.05, 0.1) is 0 Å². The molecule has 1 aliphatic carbocycles. The molecule has 0 bridgehead atoms. The molecule has 3 rings (SSSR count). The molecule has 1 saturated carbocycles. The summed E-state index contributed by atoms with van der Waals surface area (Å²) in [6.45, 7) is 3.30. The molecule has 2 aromatic rings. The molecule has 1 fully saturated rings. The topological polar surface area (TPSA) is 3.88 Å². The van der Waals surface area contributed by atoms with Crippen molar-refractivity contribution in [2.75, 3.05) is 0 Å². The molecule has 1 aromatic heterocycles. The van der Waals surface area contributed by atoms with E-state index in [1.807, 2.05) is 0 Å². The summed E-state index contributed by atoms with van der Waals surface area (Å²) in [5.74, 6) is 1.73. The molecule has 1 heterocycles. The summed E-state index contributed by atoms with van der Waals surface area (Å²) in [5.41, 5.74) is 2.94. The Balaban J connectivity index is 1.39. The van der Waals surface area contributed by atoms with Crippen molar-refractivity contribution < 1.29 is 4.57 Å². The van der Waals surface area contributed by atoms with Crippen LogP contribution in [0, 0.1) is 5.92 Å². The summed E-state index contributed by atoms with van der Waals surface area (Å²) in [4.78, 5) is 0. The van der Waals surface area contributed by atoms with E-state index in [0.717, 1.165) is 18.4 Å². The number of hydrogen-bond acceptors (Lipinski definition) is 0. The Bertz CT molecular complexity index is 670. The lowest BCUT2D eigenvalue weighted by atomic mass is 9.78. The van der Waals surface area contributed by atoms with Gasteiger partial charge < -0.3 is 0 Å². The standard InChI is InChI=1S/C28H42N/c1-2-3-4-5-6-7-8-10-15-25-19-21-27(22-20-25)28-18-13-14-23-29(28)24-26-16-11-9-12-17-26/h9,11-14,16-18,23,25,27H,2-8,10,15,19-22,24H2,1H3/q+1. The lowest BCUT2D eigenvalue weighted by molar-refractivity contribution is -0.697. The highest BCUT2D eigenvalue weighted by Gasteiger charge is 2.27. The van der Waals surface area contributed by atoms with E-state index in [0.29, 0.717) is 0 Å². The summed E-state index contributed by atoms with van der Waals surface area (Å²) >= 11 is 0. The van der Waals surface area contributed by atoms with E-state index in [9.17, 15) is 0 Å². The quantitative estimate of drug-likeness (QED) is 0.256. The average molecular weight is 393 g/mol. The van der Waals surface area contributed by atoms with E-state index in [1.54, 1.807) is 5.69 Å². The molecular formula is C28H42N+. The van der Waals surface area contributed by atoms with Gasteiger partial charge in [-0.3, -0.25) is 0 Å². The first-order chi connectivity index (χ1) is 14.4. The van der Waals surface area contributed by atoms with Crippen LogP contribution in [0.3, 0.4) is 0 Å². The molecule has 1 aromatic carbocycles. The summed E-state index contributed by atoms with van der Waals surface area (Å²) in [5, 5.41) is 0. The molecule has 0 spiro atoms. The van der Waals surface area contributed by atoms with E-state index in [-0.39, 0.29) is 0 Å². The summed E-state index contributed by atoms with van der Waals surface area (Å²) in [6.07, 6.45) is 20.9.